The Balaban J connectivity index is 2.58. The lowest BCUT2D eigenvalue weighted by Crippen LogP contribution is -2.29. The van der Waals surface area contributed by atoms with Crippen LogP contribution in [0.4, 0.5) is 0 Å². The van der Waals surface area contributed by atoms with Crippen molar-refractivity contribution in [2.75, 3.05) is 0 Å². The fourth-order valence-corrected chi connectivity index (χ4v) is 0.938. The molecule has 0 aliphatic carbocycles. The highest BCUT2D eigenvalue weighted by Crippen LogP contribution is 2.04. The summed E-state index contributed by atoms with van der Waals surface area (Å²) in [6, 6.07) is 0.174. The number of nitrogens with zero attached hydrogens (tertiary/aromatic N) is 3. The van der Waals surface area contributed by atoms with Gasteiger partial charge < -0.3 is 10.3 Å². The standard InChI is InChI=1S/C8H16N4/c1-6(2)7(9)4-8-11-10-5-12(8)3/h5-7H,4,9H2,1-3H3. The van der Waals surface area contributed by atoms with Gasteiger partial charge >= 0.3 is 0 Å². The van der Waals surface area contributed by atoms with E-state index in [9.17, 15) is 0 Å². The highest BCUT2D eigenvalue weighted by molar-refractivity contribution is 4.89. The van der Waals surface area contributed by atoms with Gasteiger partial charge in [-0.2, -0.15) is 0 Å². The minimum atomic E-state index is 0.174. The summed E-state index contributed by atoms with van der Waals surface area (Å²) >= 11 is 0. The van der Waals surface area contributed by atoms with Crippen LogP contribution in [0.15, 0.2) is 6.33 Å². The summed E-state index contributed by atoms with van der Waals surface area (Å²) in [4.78, 5) is 0. The molecule has 4 heteroatoms. The maximum Gasteiger partial charge on any atom is 0.134 e. The zero-order valence-electron chi connectivity index (χ0n) is 7.86. The first-order chi connectivity index (χ1) is 5.61. The van der Waals surface area contributed by atoms with E-state index in [4.69, 9.17) is 5.73 Å². The van der Waals surface area contributed by atoms with E-state index in [2.05, 4.69) is 24.0 Å². The van der Waals surface area contributed by atoms with Crippen molar-refractivity contribution in [2.45, 2.75) is 26.3 Å². The van der Waals surface area contributed by atoms with E-state index in [0.29, 0.717) is 5.92 Å². The van der Waals surface area contributed by atoms with Gasteiger partial charge in [-0.25, -0.2) is 0 Å². The number of hydrogen-bond donors (Lipinski definition) is 1. The molecule has 0 aromatic carbocycles. The molecule has 0 aliphatic rings. The van der Waals surface area contributed by atoms with Crippen molar-refractivity contribution >= 4 is 0 Å². The van der Waals surface area contributed by atoms with Gasteiger partial charge in [0.25, 0.3) is 0 Å². The lowest BCUT2D eigenvalue weighted by atomic mass is 10.0. The molecule has 2 N–H and O–H groups in total. The van der Waals surface area contributed by atoms with Crippen LogP contribution in [0.3, 0.4) is 0 Å². The summed E-state index contributed by atoms with van der Waals surface area (Å²) in [5.74, 6) is 1.44. The zero-order chi connectivity index (χ0) is 9.14. The lowest BCUT2D eigenvalue weighted by Gasteiger charge is -2.14. The molecule has 0 saturated carbocycles. The Morgan fingerprint density at radius 2 is 2.25 bits per heavy atom. The molecule has 0 saturated heterocycles. The van der Waals surface area contributed by atoms with Gasteiger partial charge in [0, 0.05) is 19.5 Å². The fraction of sp³-hybridized carbons (Fsp3) is 0.750. The van der Waals surface area contributed by atoms with Crippen LogP contribution >= 0.6 is 0 Å². The molecular weight excluding hydrogens is 152 g/mol. The molecule has 4 nitrogen and oxygen atoms in total. The van der Waals surface area contributed by atoms with E-state index >= 15 is 0 Å². The monoisotopic (exact) mass is 168 g/mol. The van der Waals surface area contributed by atoms with Gasteiger partial charge in [-0.1, -0.05) is 13.8 Å². The van der Waals surface area contributed by atoms with Crippen LogP contribution < -0.4 is 5.73 Å². The number of aromatic nitrogens is 3. The Hall–Kier alpha value is -0.900. The van der Waals surface area contributed by atoms with E-state index in [1.54, 1.807) is 6.33 Å². The summed E-state index contributed by atoms with van der Waals surface area (Å²) in [6.07, 6.45) is 2.50. The Morgan fingerprint density at radius 3 is 2.67 bits per heavy atom. The molecule has 1 aromatic heterocycles. The minimum absolute atomic E-state index is 0.174. The molecule has 0 bridgehead atoms. The SMILES string of the molecule is CC(C)C(N)Cc1nncn1C. The van der Waals surface area contributed by atoms with Crippen LogP contribution in [0.5, 0.6) is 0 Å². The van der Waals surface area contributed by atoms with Crippen molar-refractivity contribution in [3.8, 4) is 0 Å². The van der Waals surface area contributed by atoms with Gasteiger partial charge in [-0.05, 0) is 5.92 Å². The molecule has 0 radical (unpaired) electrons. The van der Waals surface area contributed by atoms with E-state index in [1.165, 1.54) is 0 Å². The Labute approximate surface area is 72.8 Å². The predicted molar refractivity (Wildman–Crippen MR) is 47.5 cm³/mol. The molecular formula is C8H16N4. The number of rotatable bonds is 3. The molecule has 12 heavy (non-hydrogen) atoms. The quantitative estimate of drug-likeness (QED) is 0.708. The second-order valence-corrected chi connectivity index (χ2v) is 3.47. The third-order valence-corrected chi connectivity index (χ3v) is 2.08. The highest BCUT2D eigenvalue weighted by atomic mass is 15.2. The summed E-state index contributed by atoms with van der Waals surface area (Å²) in [5, 5.41) is 7.76. The minimum Gasteiger partial charge on any atom is -0.327 e. The van der Waals surface area contributed by atoms with Crippen LogP contribution in [0, 0.1) is 5.92 Å². The van der Waals surface area contributed by atoms with E-state index in [1.807, 2.05) is 11.6 Å². The van der Waals surface area contributed by atoms with Crippen molar-refractivity contribution in [3.05, 3.63) is 12.2 Å². The first kappa shape index (κ1) is 9.19. The summed E-state index contributed by atoms with van der Waals surface area (Å²) in [5.41, 5.74) is 5.90. The predicted octanol–water partition coefficient (Wildman–Crippen LogP) is 0.341. The van der Waals surface area contributed by atoms with Crippen LogP contribution in [0.2, 0.25) is 0 Å². The first-order valence-corrected chi connectivity index (χ1v) is 4.19. The summed E-state index contributed by atoms with van der Waals surface area (Å²) < 4.78 is 1.90. The molecule has 1 rings (SSSR count). The Bertz CT molecular complexity index is 241. The average Bonchev–Trinajstić information content (AvgIpc) is 2.36. The topological polar surface area (TPSA) is 56.7 Å². The van der Waals surface area contributed by atoms with Crippen LogP contribution in [0.25, 0.3) is 0 Å². The number of hydrogen-bond acceptors (Lipinski definition) is 3. The van der Waals surface area contributed by atoms with Crippen molar-refractivity contribution in [1.82, 2.24) is 14.8 Å². The fourth-order valence-electron chi connectivity index (χ4n) is 0.938. The van der Waals surface area contributed by atoms with Gasteiger partial charge in [0.2, 0.25) is 0 Å². The first-order valence-electron chi connectivity index (χ1n) is 4.19. The maximum absolute atomic E-state index is 5.90. The average molecular weight is 168 g/mol. The van der Waals surface area contributed by atoms with Crippen LogP contribution in [-0.2, 0) is 13.5 Å². The van der Waals surface area contributed by atoms with E-state index in [-0.39, 0.29) is 6.04 Å². The third kappa shape index (κ3) is 2.04. The number of nitrogens with two attached hydrogens (primary N) is 1. The molecule has 0 spiro atoms. The van der Waals surface area contributed by atoms with Crippen molar-refractivity contribution in [2.24, 2.45) is 18.7 Å². The van der Waals surface area contributed by atoms with Gasteiger partial charge in [0.1, 0.15) is 12.2 Å². The zero-order valence-corrected chi connectivity index (χ0v) is 7.86. The Kier molecular flexibility index (Phi) is 2.81. The maximum atomic E-state index is 5.90. The number of aryl methyl sites for hydroxylation is 1. The van der Waals surface area contributed by atoms with Gasteiger partial charge in [0.15, 0.2) is 0 Å². The van der Waals surface area contributed by atoms with Crippen LogP contribution in [0.1, 0.15) is 19.7 Å². The highest BCUT2D eigenvalue weighted by Gasteiger charge is 2.11. The molecule has 1 aromatic rings. The molecule has 0 aliphatic heterocycles. The molecule has 1 heterocycles. The molecule has 1 atom stereocenters. The molecule has 68 valence electrons. The molecule has 1 unspecified atom stereocenters. The lowest BCUT2D eigenvalue weighted by molar-refractivity contribution is 0.476. The second-order valence-electron chi connectivity index (χ2n) is 3.47. The Morgan fingerprint density at radius 1 is 1.58 bits per heavy atom. The van der Waals surface area contributed by atoms with Gasteiger partial charge in [-0.3, -0.25) is 0 Å². The third-order valence-electron chi connectivity index (χ3n) is 2.08. The molecule has 0 fully saturated rings. The van der Waals surface area contributed by atoms with Crippen molar-refractivity contribution < 1.29 is 0 Å². The smallest absolute Gasteiger partial charge is 0.134 e. The van der Waals surface area contributed by atoms with Crippen LogP contribution in [-0.4, -0.2) is 20.8 Å². The van der Waals surface area contributed by atoms with Gasteiger partial charge in [-0.15, -0.1) is 10.2 Å². The molecule has 0 amide bonds. The second kappa shape index (κ2) is 3.67. The largest absolute Gasteiger partial charge is 0.327 e. The van der Waals surface area contributed by atoms with E-state index in [0.717, 1.165) is 12.2 Å². The normalized spacial score (nSPS) is 13.8. The van der Waals surface area contributed by atoms with Gasteiger partial charge in [0.05, 0.1) is 0 Å². The van der Waals surface area contributed by atoms with Crippen molar-refractivity contribution in [3.63, 3.8) is 0 Å². The summed E-state index contributed by atoms with van der Waals surface area (Å²) in [6.45, 7) is 4.22. The summed E-state index contributed by atoms with van der Waals surface area (Å²) in [7, 11) is 1.93. The van der Waals surface area contributed by atoms with Crippen molar-refractivity contribution in [1.29, 1.82) is 0 Å². The van der Waals surface area contributed by atoms with E-state index < -0.39 is 0 Å².